The molecule has 2 aromatic rings. The van der Waals surface area contributed by atoms with Crippen LogP contribution in [0.15, 0.2) is 42.5 Å². The second-order valence-electron chi connectivity index (χ2n) is 5.26. The van der Waals surface area contributed by atoms with Crippen LogP contribution in [-0.4, -0.2) is 24.7 Å². The van der Waals surface area contributed by atoms with Crippen molar-refractivity contribution in [1.29, 1.82) is 0 Å². The number of amides is 1. The quantitative estimate of drug-likeness (QED) is 0.510. The van der Waals surface area contributed by atoms with Gasteiger partial charge in [-0.05, 0) is 61.1 Å². The molecule has 0 aliphatic heterocycles. The van der Waals surface area contributed by atoms with Crippen molar-refractivity contribution < 1.29 is 14.3 Å². The minimum Gasteiger partial charge on any atom is -0.495 e. The average Bonchev–Trinajstić information content (AvgIpc) is 2.60. The number of hydrogen-bond acceptors (Lipinski definition) is 4. The molecular formula is C18H18Cl2N2O3S. The number of carbonyl (C=O) groups excluding carboxylic acids is 1. The zero-order valence-electron chi connectivity index (χ0n) is 14.1. The van der Waals surface area contributed by atoms with Crippen LogP contribution >= 0.6 is 35.4 Å². The van der Waals surface area contributed by atoms with Crippen LogP contribution in [0.2, 0.25) is 10.0 Å². The predicted molar refractivity (Wildman–Crippen MR) is 109 cm³/mol. The van der Waals surface area contributed by atoms with Crippen molar-refractivity contribution in [2.24, 2.45) is 0 Å². The number of thiocarbonyl (C=S) groups is 1. The van der Waals surface area contributed by atoms with Crippen LogP contribution in [0.25, 0.3) is 0 Å². The van der Waals surface area contributed by atoms with Crippen molar-refractivity contribution in [1.82, 2.24) is 5.32 Å². The fraction of sp³-hybridized carbons (Fsp3) is 0.222. The average molecular weight is 413 g/mol. The van der Waals surface area contributed by atoms with Gasteiger partial charge in [0.15, 0.2) is 5.11 Å². The van der Waals surface area contributed by atoms with Crippen molar-refractivity contribution in [3.8, 4) is 11.5 Å². The Labute approximate surface area is 167 Å². The lowest BCUT2D eigenvalue weighted by Gasteiger charge is -2.11. The molecule has 0 aromatic heterocycles. The predicted octanol–water partition coefficient (Wildman–Crippen LogP) is 4.67. The zero-order chi connectivity index (χ0) is 18.9. The van der Waals surface area contributed by atoms with Crippen LogP contribution < -0.4 is 20.1 Å². The summed E-state index contributed by atoms with van der Waals surface area (Å²) in [7, 11) is 1.54. The summed E-state index contributed by atoms with van der Waals surface area (Å²) in [6.07, 6.45) is 0.851. The van der Waals surface area contributed by atoms with Gasteiger partial charge in [-0.25, -0.2) is 0 Å². The Balaban J connectivity index is 1.69. The summed E-state index contributed by atoms with van der Waals surface area (Å²) in [6, 6.07) is 12.2. The van der Waals surface area contributed by atoms with Gasteiger partial charge in [-0.3, -0.25) is 4.79 Å². The van der Waals surface area contributed by atoms with Gasteiger partial charge < -0.3 is 20.1 Å². The molecule has 0 atom stereocenters. The molecule has 2 N–H and O–H groups in total. The molecule has 0 saturated carbocycles. The maximum absolute atomic E-state index is 11.9. The van der Waals surface area contributed by atoms with Gasteiger partial charge in [-0.15, -0.1) is 0 Å². The molecule has 0 heterocycles. The SMILES string of the molecule is COc1ccc(NC(=S)NC(=O)CCCOc2ccc(Cl)cc2)cc1Cl. The van der Waals surface area contributed by atoms with Crippen molar-refractivity contribution >= 4 is 52.1 Å². The molecule has 0 bridgehead atoms. The third kappa shape index (κ3) is 6.71. The molecule has 5 nitrogen and oxygen atoms in total. The van der Waals surface area contributed by atoms with E-state index in [1.807, 2.05) is 0 Å². The number of rotatable bonds is 7. The summed E-state index contributed by atoms with van der Waals surface area (Å²) in [5, 5.41) is 6.82. The number of nitrogens with one attached hydrogen (secondary N) is 2. The molecule has 1 amide bonds. The lowest BCUT2D eigenvalue weighted by molar-refractivity contribution is -0.119. The summed E-state index contributed by atoms with van der Waals surface area (Å²) in [6.45, 7) is 0.420. The van der Waals surface area contributed by atoms with Gasteiger partial charge in [-0.1, -0.05) is 23.2 Å². The van der Waals surface area contributed by atoms with E-state index in [1.54, 1.807) is 42.5 Å². The normalized spacial score (nSPS) is 10.1. The summed E-state index contributed by atoms with van der Waals surface area (Å²) in [5.74, 6) is 1.08. The molecule has 0 aliphatic carbocycles. The van der Waals surface area contributed by atoms with Crippen LogP contribution in [0.5, 0.6) is 11.5 Å². The van der Waals surface area contributed by atoms with E-state index in [4.69, 9.17) is 44.9 Å². The summed E-state index contributed by atoms with van der Waals surface area (Å²) >= 11 is 17.0. The molecule has 0 aliphatic rings. The monoisotopic (exact) mass is 412 g/mol. The molecule has 2 rings (SSSR count). The highest BCUT2D eigenvalue weighted by molar-refractivity contribution is 7.80. The third-order valence-electron chi connectivity index (χ3n) is 3.29. The number of carbonyl (C=O) groups is 1. The maximum atomic E-state index is 11.9. The highest BCUT2D eigenvalue weighted by Crippen LogP contribution is 2.27. The highest BCUT2D eigenvalue weighted by Gasteiger charge is 2.07. The van der Waals surface area contributed by atoms with E-state index in [-0.39, 0.29) is 11.0 Å². The fourth-order valence-corrected chi connectivity index (χ4v) is 2.66. The second kappa shape index (κ2) is 10.2. The first-order valence-electron chi connectivity index (χ1n) is 7.80. The van der Waals surface area contributed by atoms with Gasteiger partial charge in [0.2, 0.25) is 5.91 Å². The summed E-state index contributed by atoms with van der Waals surface area (Å²) in [5.41, 5.74) is 0.659. The first-order valence-corrected chi connectivity index (χ1v) is 8.97. The van der Waals surface area contributed by atoms with Crippen LogP contribution in [0.3, 0.4) is 0 Å². The number of anilines is 1. The van der Waals surface area contributed by atoms with Gasteiger partial charge in [0.1, 0.15) is 11.5 Å². The Morgan fingerprint density at radius 1 is 1.15 bits per heavy atom. The van der Waals surface area contributed by atoms with Crippen LogP contribution in [0.1, 0.15) is 12.8 Å². The Bertz CT molecular complexity index is 770. The number of benzene rings is 2. The van der Waals surface area contributed by atoms with Gasteiger partial charge in [0.25, 0.3) is 0 Å². The van der Waals surface area contributed by atoms with Gasteiger partial charge in [0, 0.05) is 17.1 Å². The van der Waals surface area contributed by atoms with Crippen LogP contribution in [0.4, 0.5) is 5.69 Å². The fourth-order valence-electron chi connectivity index (χ4n) is 2.05. The van der Waals surface area contributed by atoms with Gasteiger partial charge in [-0.2, -0.15) is 0 Å². The number of halogens is 2. The largest absolute Gasteiger partial charge is 0.495 e. The molecule has 0 unspecified atom stereocenters. The smallest absolute Gasteiger partial charge is 0.226 e. The van der Waals surface area contributed by atoms with Crippen molar-refractivity contribution in [2.45, 2.75) is 12.8 Å². The standard InChI is InChI=1S/C18H18Cl2N2O3S/c1-24-16-9-6-13(11-15(16)20)21-18(26)22-17(23)3-2-10-25-14-7-4-12(19)5-8-14/h4-9,11H,2-3,10H2,1H3,(H2,21,22,23,26). The minimum atomic E-state index is -0.193. The topological polar surface area (TPSA) is 59.6 Å². The van der Waals surface area contributed by atoms with Gasteiger partial charge in [0.05, 0.1) is 18.7 Å². The Morgan fingerprint density at radius 2 is 1.88 bits per heavy atom. The third-order valence-corrected chi connectivity index (χ3v) is 4.04. The molecule has 138 valence electrons. The van der Waals surface area contributed by atoms with Crippen LogP contribution in [-0.2, 0) is 4.79 Å². The lowest BCUT2D eigenvalue weighted by atomic mass is 10.3. The molecule has 0 fully saturated rings. The van der Waals surface area contributed by atoms with E-state index in [2.05, 4.69) is 10.6 Å². The van der Waals surface area contributed by atoms with Crippen molar-refractivity contribution in [3.05, 3.63) is 52.5 Å². The van der Waals surface area contributed by atoms with Crippen LogP contribution in [0, 0.1) is 0 Å². The molecular weight excluding hydrogens is 395 g/mol. The first-order chi connectivity index (χ1) is 12.5. The molecule has 0 spiro atoms. The molecule has 2 aromatic carbocycles. The number of hydrogen-bond donors (Lipinski definition) is 2. The van der Waals surface area contributed by atoms with E-state index in [0.717, 1.165) is 0 Å². The molecule has 0 saturated heterocycles. The second-order valence-corrected chi connectivity index (χ2v) is 6.51. The summed E-state index contributed by atoms with van der Waals surface area (Å²) in [4.78, 5) is 11.9. The zero-order valence-corrected chi connectivity index (χ0v) is 16.4. The van der Waals surface area contributed by atoms with Crippen molar-refractivity contribution in [3.63, 3.8) is 0 Å². The Hall–Kier alpha value is -2.02. The summed E-state index contributed by atoms with van der Waals surface area (Å²) < 4.78 is 10.6. The lowest BCUT2D eigenvalue weighted by Crippen LogP contribution is -2.34. The minimum absolute atomic E-state index is 0.193. The maximum Gasteiger partial charge on any atom is 0.226 e. The number of methoxy groups -OCH3 is 1. The number of ether oxygens (including phenoxy) is 2. The molecule has 8 heteroatoms. The van der Waals surface area contributed by atoms with E-state index < -0.39 is 0 Å². The van der Waals surface area contributed by atoms with E-state index in [1.165, 1.54) is 7.11 Å². The van der Waals surface area contributed by atoms with E-state index in [9.17, 15) is 4.79 Å². The van der Waals surface area contributed by atoms with Gasteiger partial charge >= 0.3 is 0 Å². The molecule has 26 heavy (non-hydrogen) atoms. The first kappa shape index (κ1) is 20.3. The van der Waals surface area contributed by atoms with Crippen molar-refractivity contribution in [2.75, 3.05) is 19.0 Å². The highest BCUT2D eigenvalue weighted by atomic mass is 35.5. The van der Waals surface area contributed by atoms with E-state index in [0.29, 0.717) is 46.7 Å². The Kier molecular flexibility index (Phi) is 7.97. The Morgan fingerprint density at radius 3 is 2.54 bits per heavy atom. The van der Waals surface area contributed by atoms with E-state index >= 15 is 0 Å². The molecule has 0 radical (unpaired) electrons.